The Balaban J connectivity index is 2.12. The number of nitrogens with one attached hydrogen (secondary N) is 1. The van der Waals surface area contributed by atoms with E-state index in [0.717, 1.165) is 0 Å². The van der Waals surface area contributed by atoms with E-state index in [1.807, 2.05) is 11.3 Å². The molecular formula is C18H25NS. The van der Waals surface area contributed by atoms with Crippen LogP contribution < -0.4 is 5.32 Å². The molecule has 1 aromatic heterocycles. The van der Waals surface area contributed by atoms with Crippen LogP contribution in [0.5, 0.6) is 0 Å². The summed E-state index contributed by atoms with van der Waals surface area (Å²) >= 11 is 1.87. The highest BCUT2D eigenvalue weighted by Crippen LogP contribution is 2.29. The topological polar surface area (TPSA) is 12.0 Å². The van der Waals surface area contributed by atoms with Crippen LogP contribution in [0.4, 0.5) is 5.69 Å². The lowest BCUT2D eigenvalue weighted by Crippen LogP contribution is -2.11. The maximum atomic E-state index is 3.60. The molecular weight excluding hydrogens is 262 g/mol. The molecule has 0 aliphatic carbocycles. The first-order chi connectivity index (χ1) is 9.27. The van der Waals surface area contributed by atoms with Crippen molar-refractivity contribution in [2.24, 2.45) is 0 Å². The van der Waals surface area contributed by atoms with Gasteiger partial charge in [-0.15, -0.1) is 11.3 Å². The van der Waals surface area contributed by atoms with Crippen molar-refractivity contribution in [3.8, 4) is 0 Å². The number of aryl methyl sites for hydroxylation is 2. The standard InChI is InChI=1S/C18H25NS/c1-12-11-17(14(3)20-12)13(2)19-16-9-7-15(8-10-16)18(4,5)6/h7-11,13,19H,1-6H3. The summed E-state index contributed by atoms with van der Waals surface area (Å²) in [7, 11) is 0. The minimum atomic E-state index is 0.213. The average Bonchev–Trinajstić information content (AvgIpc) is 2.68. The molecule has 0 spiro atoms. The molecule has 1 unspecified atom stereocenters. The van der Waals surface area contributed by atoms with E-state index in [2.05, 4.69) is 77.2 Å². The van der Waals surface area contributed by atoms with E-state index in [1.54, 1.807) is 0 Å². The van der Waals surface area contributed by atoms with Gasteiger partial charge in [0.25, 0.3) is 0 Å². The Kier molecular flexibility index (Phi) is 4.24. The lowest BCUT2D eigenvalue weighted by Gasteiger charge is -2.20. The van der Waals surface area contributed by atoms with Gasteiger partial charge in [-0.2, -0.15) is 0 Å². The van der Waals surface area contributed by atoms with Crippen molar-refractivity contribution in [3.05, 3.63) is 51.2 Å². The monoisotopic (exact) mass is 287 g/mol. The van der Waals surface area contributed by atoms with Crippen molar-refractivity contribution in [1.82, 2.24) is 0 Å². The third kappa shape index (κ3) is 3.43. The Morgan fingerprint density at radius 2 is 1.65 bits per heavy atom. The van der Waals surface area contributed by atoms with Crippen LogP contribution in [-0.4, -0.2) is 0 Å². The summed E-state index contributed by atoms with van der Waals surface area (Å²) in [5.74, 6) is 0. The number of hydrogen-bond donors (Lipinski definition) is 1. The highest BCUT2D eigenvalue weighted by atomic mass is 32.1. The largest absolute Gasteiger partial charge is 0.378 e. The Morgan fingerprint density at radius 3 is 2.10 bits per heavy atom. The zero-order valence-corrected chi connectivity index (χ0v) is 14.2. The smallest absolute Gasteiger partial charge is 0.0496 e. The third-order valence-electron chi connectivity index (χ3n) is 3.68. The Bertz CT molecular complexity index is 572. The van der Waals surface area contributed by atoms with Crippen molar-refractivity contribution in [2.75, 3.05) is 5.32 Å². The highest BCUT2D eigenvalue weighted by molar-refractivity contribution is 7.12. The van der Waals surface area contributed by atoms with Crippen LogP contribution in [-0.2, 0) is 5.41 Å². The first-order valence-electron chi connectivity index (χ1n) is 7.21. The summed E-state index contributed by atoms with van der Waals surface area (Å²) in [6, 6.07) is 11.5. The molecule has 2 aromatic rings. The predicted octanol–water partition coefficient (Wildman–Crippen LogP) is 5.84. The lowest BCUT2D eigenvalue weighted by atomic mass is 9.87. The molecule has 0 bridgehead atoms. The summed E-state index contributed by atoms with van der Waals surface area (Å²) in [6.07, 6.45) is 0. The maximum Gasteiger partial charge on any atom is 0.0496 e. The molecule has 2 heteroatoms. The summed E-state index contributed by atoms with van der Waals surface area (Å²) < 4.78 is 0. The number of benzene rings is 1. The molecule has 20 heavy (non-hydrogen) atoms. The summed E-state index contributed by atoms with van der Waals surface area (Å²) in [5, 5.41) is 3.60. The fourth-order valence-electron chi connectivity index (χ4n) is 2.47. The fourth-order valence-corrected chi connectivity index (χ4v) is 3.50. The molecule has 108 valence electrons. The number of rotatable bonds is 3. The molecule has 1 aromatic carbocycles. The van der Waals surface area contributed by atoms with Crippen LogP contribution in [0.2, 0.25) is 0 Å². The van der Waals surface area contributed by atoms with Gasteiger partial charge >= 0.3 is 0 Å². The summed E-state index contributed by atoms with van der Waals surface area (Å²) in [5.41, 5.74) is 4.19. The first kappa shape index (κ1) is 15.1. The van der Waals surface area contributed by atoms with Gasteiger partial charge in [0.05, 0.1) is 0 Å². The predicted molar refractivity (Wildman–Crippen MR) is 91.0 cm³/mol. The van der Waals surface area contributed by atoms with Crippen LogP contribution in [0.3, 0.4) is 0 Å². The molecule has 1 nitrogen and oxygen atoms in total. The third-order valence-corrected chi connectivity index (χ3v) is 4.66. The van der Waals surface area contributed by atoms with E-state index in [-0.39, 0.29) is 5.41 Å². The summed E-state index contributed by atoms with van der Waals surface area (Å²) in [4.78, 5) is 2.79. The van der Waals surface area contributed by atoms with Gasteiger partial charge in [-0.05, 0) is 55.5 Å². The van der Waals surface area contributed by atoms with E-state index in [4.69, 9.17) is 0 Å². The molecule has 2 rings (SSSR count). The molecule has 1 N–H and O–H groups in total. The zero-order chi connectivity index (χ0) is 14.9. The molecule has 1 atom stereocenters. The second-order valence-corrected chi connectivity index (χ2v) is 8.02. The molecule has 1 heterocycles. The van der Waals surface area contributed by atoms with Gasteiger partial charge in [-0.1, -0.05) is 32.9 Å². The Hall–Kier alpha value is -1.28. The molecule has 0 saturated heterocycles. The highest BCUT2D eigenvalue weighted by Gasteiger charge is 2.14. The van der Waals surface area contributed by atoms with Crippen LogP contribution in [0, 0.1) is 13.8 Å². The molecule has 0 amide bonds. The first-order valence-corrected chi connectivity index (χ1v) is 8.03. The Labute approximate surface area is 127 Å². The SMILES string of the molecule is Cc1cc(C(C)Nc2ccc(C(C)(C)C)cc2)c(C)s1. The van der Waals surface area contributed by atoms with Crippen LogP contribution >= 0.6 is 11.3 Å². The van der Waals surface area contributed by atoms with Crippen LogP contribution in [0.25, 0.3) is 0 Å². The lowest BCUT2D eigenvalue weighted by molar-refractivity contribution is 0.590. The fraction of sp³-hybridized carbons (Fsp3) is 0.444. The van der Waals surface area contributed by atoms with Crippen molar-refractivity contribution in [3.63, 3.8) is 0 Å². The van der Waals surface area contributed by atoms with E-state index in [0.29, 0.717) is 6.04 Å². The van der Waals surface area contributed by atoms with Crippen molar-refractivity contribution in [1.29, 1.82) is 0 Å². The number of anilines is 1. The van der Waals surface area contributed by atoms with Gasteiger partial charge in [0.1, 0.15) is 0 Å². The van der Waals surface area contributed by atoms with E-state index < -0.39 is 0 Å². The van der Waals surface area contributed by atoms with Gasteiger partial charge in [0.2, 0.25) is 0 Å². The summed E-state index contributed by atoms with van der Waals surface area (Å²) in [6.45, 7) is 13.3. The van der Waals surface area contributed by atoms with Crippen LogP contribution in [0.15, 0.2) is 30.3 Å². The zero-order valence-electron chi connectivity index (χ0n) is 13.4. The minimum absolute atomic E-state index is 0.213. The minimum Gasteiger partial charge on any atom is -0.378 e. The van der Waals surface area contributed by atoms with Crippen LogP contribution in [0.1, 0.15) is 54.6 Å². The average molecular weight is 287 g/mol. The normalized spacial score (nSPS) is 13.3. The van der Waals surface area contributed by atoms with Crippen molar-refractivity contribution >= 4 is 17.0 Å². The van der Waals surface area contributed by atoms with E-state index in [9.17, 15) is 0 Å². The van der Waals surface area contributed by atoms with Crippen molar-refractivity contribution in [2.45, 2.75) is 53.0 Å². The van der Waals surface area contributed by atoms with E-state index >= 15 is 0 Å². The number of thiophene rings is 1. The van der Waals surface area contributed by atoms with Gasteiger partial charge in [0.15, 0.2) is 0 Å². The van der Waals surface area contributed by atoms with E-state index in [1.165, 1.54) is 26.6 Å². The van der Waals surface area contributed by atoms with Gasteiger partial charge in [0, 0.05) is 21.5 Å². The molecule has 0 fully saturated rings. The molecule has 0 aliphatic heterocycles. The van der Waals surface area contributed by atoms with Gasteiger partial charge in [-0.25, -0.2) is 0 Å². The molecule has 0 aliphatic rings. The molecule has 0 saturated carbocycles. The van der Waals surface area contributed by atoms with Gasteiger partial charge in [-0.3, -0.25) is 0 Å². The maximum absolute atomic E-state index is 3.60. The quantitative estimate of drug-likeness (QED) is 0.748. The Morgan fingerprint density at radius 1 is 1.05 bits per heavy atom. The van der Waals surface area contributed by atoms with Gasteiger partial charge < -0.3 is 5.32 Å². The second kappa shape index (κ2) is 5.61. The van der Waals surface area contributed by atoms with Crippen molar-refractivity contribution < 1.29 is 0 Å². The number of hydrogen-bond acceptors (Lipinski definition) is 2. The second-order valence-electron chi connectivity index (χ2n) is 6.56. The molecule has 0 radical (unpaired) electrons.